The van der Waals surface area contributed by atoms with Crippen LogP contribution in [0.25, 0.3) is 0 Å². The number of nitrogens with two attached hydrogens (primary N) is 1. The van der Waals surface area contributed by atoms with E-state index < -0.39 is 0 Å². The van der Waals surface area contributed by atoms with E-state index in [4.69, 9.17) is 5.73 Å². The van der Waals surface area contributed by atoms with Crippen molar-refractivity contribution in [2.45, 2.75) is 17.7 Å². The zero-order valence-electron chi connectivity index (χ0n) is 7.24. The predicted molar refractivity (Wildman–Crippen MR) is 61.9 cm³/mol. The third-order valence-corrected chi connectivity index (χ3v) is 4.29. The smallest absolute Gasteiger partial charge is 0.0312 e. The Morgan fingerprint density at radius 2 is 2.00 bits per heavy atom. The zero-order valence-corrected chi connectivity index (χ0v) is 9.64. The second kappa shape index (κ2) is 4.03. The van der Waals surface area contributed by atoms with Gasteiger partial charge in [0, 0.05) is 21.5 Å². The highest BCUT2D eigenvalue weighted by molar-refractivity contribution is 9.10. The molecule has 0 aromatic heterocycles. The quantitative estimate of drug-likeness (QED) is 0.838. The highest BCUT2D eigenvalue weighted by atomic mass is 79.9. The van der Waals surface area contributed by atoms with Gasteiger partial charge in [0.05, 0.1) is 0 Å². The average molecular weight is 258 g/mol. The Kier molecular flexibility index (Phi) is 2.96. The molecule has 0 bridgehead atoms. The SMILES string of the molecule is NC1CSC(c2ccc(Br)cc2)C1. The number of hydrogen-bond acceptors (Lipinski definition) is 2. The second-order valence-corrected chi connectivity index (χ2v) is 5.52. The predicted octanol–water partition coefficient (Wildman–Crippen LogP) is 2.95. The molecule has 1 fully saturated rings. The molecule has 13 heavy (non-hydrogen) atoms. The zero-order chi connectivity index (χ0) is 9.26. The first kappa shape index (κ1) is 9.56. The van der Waals surface area contributed by atoms with Gasteiger partial charge in [-0.2, -0.15) is 11.8 Å². The van der Waals surface area contributed by atoms with Gasteiger partial charge in [0.15, 0.2) is 0 Å². The van der Waals surface area contributed by atoms with E-state index in [9.17, 15) is 0 Å². The lowest BCUT2D eigenvalue weighted by atomic mass is 10.1. The summed E-state index contributed by atoms with van der Waals surface area (Å²) in [6.07, 6.45) is 1.12. The van der Waals surface area contributed by atoms with E-state index in [1.165, 1.54) is 5.56 Å². The van der Waals surface area contributed by atoms with Gasteiger partial charge in [-0.05, 0) is 24.1 Å². The molecule has 1 heterocycles. The Labute approximate surface area is 91.2 Å². The molecule has 2 unspecified atom stereocenters. The van der Waals surface area contributed by atoms with E-state index >= 15 is 0 Å². The van der Waals surface area contributed by atoms with Crippen LogP contribution in [0.2, 0.25) is 0 Å². The van der Waals surface area contributed by atoms with Gasteiger partial charge in [0.2, 0.25) is 0 Å². The van der Waals surface area contributed by atoms with Crippen LogP contribution in [-0.2, 0) is 0 Å². The summed E-state index contributed by atoms with van der Waals surface area (Å²) in [5.74, 6) is 1.10. The lowest BCUT2D eigenvalue weighted by Crippen LogP contribution is -2.17. The van der Waals surface area contributed by atoms with Crippen LogP contribution in [0.5, 0.6) is 0 Å². The fourth-order valence-electron chi connectivity index (χ4n) is 1.56. The number of hydrogen-bond donors (Lipinski definition) is 1. The maximum absolute atomic E-state index is 5.86. The monoisotopic (exact) mass is 257 g/mol. The molecule has 1 aromatic carbocycles. The molecule has 2 N–H and O–H groups in total. The number of thioether (sulfide) groups is 1. The van der Waals surface area contributed by atoms with Crippen LogP contribution in [0.3, 0.4) is 0 Å². The van der Waals surface area contributed by atoms with Gasteiger partial charge in [-0.3, -0.25) is 0 Å². The van der Waals surface area contributed by atoms with Crippen molar-refractivity contribution in [2.24, 2.45) is 5.73 Å². The average Bonchev–Trinajstić information content (AvgIpc) is 2.53. The third-order valence-electron chi connectivity index (χ3n) is 2.27. The highest BCUT2D eigenvalue weighted by Gasteiger charge is 2.23. The van der Waals surface area contributed by atoms with Gasteiger partial charge in [0.1, 0.15) is 0 Å². The Bertz CT molecular complexity index is 285. The molecule has 70 valence electrons. The summed E-state index contributed by atoms with van der Waals surface area (Å²) in [6.45, 7) is 0. The van der Waals surface area contributed by atoms with Crippen LogP contribution < -0.4 is 5.73 Å². The summed E-state index contributed by atoms with van der Waals surface area (Å²) >= 11 is 5.40. The summed E-state index contributed by atoms with van der Waals surface area (Å²) in [5.41, 5.74) is 7.27. The summed E-state index contributed by atoms with van der Waals surface area (Å²) in [4.78, 5) is 0. The minimum atomic E-state index is 0.388. The fraction of sp³-hybridized carbons (Fsp3) is 0.400. The topological polar surface area (TPSA) is 26.0 Å². The van der Waals surface area contributed by atoms with Gasteiger partial charge in [0.25, 0.3) is 0 Å². The summed E-state index contributed by atoms with van der Waals surface area (Å²) in [5, 5.41) is 0.614. The Morgan fingerprint density at radius 1 is 1.31 bits per heavy atom. The van der Waals surface area contributed by atoms with Gasteiger partial charge < -0.3 is 5.73 Å². The molecule has 0 amide bonds. The van der Waals surface area contributed by atoms with Crippen molar-refractivity contribution < 1.29 is 0 Å². The van der Waals surface area contributed by atoms with Crippen LogP contribution in [0.15, 0.2) is 28.7 Å². The van der Waals surface area contributed by atoms with Crippen LogP contribution in [0.1, 0.15) is 17.2 Å². The molecule has 1 aromatic rings. The van der Waals surface area contributed by atoms with Crippen molar-refractivity contribution in [1.29, 1.82) is 0 Å². The van der Waals surface area contributed by atoms with E-state index in [-0.39, 0.29) is 0 Å². The Morgan fingerprint density at radius 3 is 2.54 bits per heavy atom. The van der Waals surface area contributed by atoms with Crippen molar-refractivity contribution in [3.63, 3.8) is 0 Å². The Hall–Kier alpha value is 0.01000. The van der Waals surface area contributed by atoms with Crippen LogP contribution in [0.4, 0.5) is 0 Å². The Balaban J connectivity index is 2.13. The molecule has 0 saturated carbocycles. The molecule has 0 spiro atoms. The fourth-order valence-corrected chi connectivity index (χ4v) is 3.17. The first-order valence-corrected chi connectivity index (χ1v) is 6.22. The van der Waals surface area contributed by atoms with Crippen molar-refractivity contribution in [3.05, 3.63) is 34.3 Å². The molecule has 2 atom stereocenters. The first-order chi connectivity index (χ1) is 6.25. The van der Waals surface area contributed by atoms with E-state index in [1.807, 2.05) is 11.8 Å². The molecule has 1 nitrogen and oxygen atoms in total. The van der Waals surface area contributed by atoms with Crippen LogP contribution in [0, 0.1) is 0 Å². The number of halogens is 1. The van der Waals surface area contributed by atoms with Gasteiger partial charge >= 0.3 is 0 Å². The largest absolute Gasteiger partial charge is 0.327 e. The lowest BCUT2D eigenvalue weighted by molar-refractivity contribution is 0.700. The first-order valence-electron chi connectivity index (χ1n) is 4.38. The molecule has 0 aliphatic carbocycles. The van der Waals surface area contributed by atoms with E-state index in [2.05, 4.69) is 40.2 Å². The van der Waals surface area contributed by atoms with Crippen molar-refractivity contribution in [1.82, 2.24) is 0 Å². The number of benzene rings is 1. The summed E-state index contributed by atoms with van der Waals surface area (Å²) in [6, 6.07) is 8.94. The normalized spacial score (nSPS) is 27.8. The van der Waals surface area contributed by atoms with E-state index in [0.717, 1.165) is 16.6 Å². The lowest BCUT2D eigenvalue weighted by Gasteiger charge is -2.08. The molecule has 1 saturated heterocycles. The molecule has 3 heteroatoms. The molecule has 1 aliphatic rings. The molecule has 1 aliphatic heterocycles. The van der Waals surface area contributed by atoms with Gasteiger partial charge in [-0.25, -0.2) is 0 Å². The van der Waals surface area contributed by atoms with Crippen molar-refractivity contribution in [3.8, 4) is 0 Å². The maximum Gasteiger partial charge on any atom is 0.0312 e. The van der Waals surface area contributed by atoms with Gasteiger partial charge in [-0.1, -0.05) is 28.1 Å². The van der Waals surface area contributed by atoms with Crippen molar-refractivity contribution >= 4 is 27.7 Å². The van der Waals surface area contributed by atoms with Gasteiger partial charge in [-0.15, -0.1) is 0 Å². The summed E-state index contributed by atoms with van der Waals surface area (Å²) in [7, 11) is 0. The number of rotatable bonds is 1. The highest BCUT2D eigenvalue weighted by Crippen LogP contribution is 2.39. The maximum atomic E-state index is 5.86. The molecular weight excluding hydrogens is 246 g/mol. The molecule has 0 radical (unpaired) electrons. The molecule has 2 rings (SSSR count). The van der Waals surface area contributed by atoms with Crippen LogP contribution in [-0.4, -0.2) is 11.8 Å². The molecular formula is C10H12BrNS. The minimum Gasteiger partial charge on any atom is -0.327 e. The van der Waals surface area contributed by atoms with E-state index in [1.54, 1.807) is 0 Å². The summed E-state index contributed by atoms with van der Waals surface area (Å²) < 4.78 is 1.14. The standard InChI is InChI=1S/C10H12BrNS/c11-8-3-1-7(2-4-8)10-5-9(12)6-13-10/h1-4,9-10H,5-6,12H2. The third kappa shape index (κ3) is 2.27. The van der Waals surface area contributed by atoms with E-state index in [0.29, 0.717) is 11.3 Å². The van der Waals surface area contributed by atoms with Crippen molar-refractivity contribution in [2.75, 3.05) is 5.75 Å². The minimum absolute atomic E-state index is 0.388. The second-order valence-electron chi connectivity index (χ2n) is 3.37. The van der Waals surface area contributed by atoms with Crippen LogP contribution >= 0.6 is 27.7 Å².